The molecule has 3 unspecified atom stereocenters. The van der Waals surface area contributed by atoms with E-state index in [1.807, 2.05) is 0 Å². The monoisotopic (exact) mass is 227 g/mol. The molecule has 0 radical (unpaired) electrons. The normalized spacial score (nSPS) is 34.1. The minimum Gasteiger partial charge on any atom is -0.381 e. The van der Waals surface area contributed by atoms with Crippen LogP contribution in [0.25, 0.3) is 0 Å². The van der Waals surface area contributed by atoms with Crippen LogP contribution in [0.1, 0.15) is 33.1 Å². The van der Waals surface area contributed by atoms with Crippen LogP contribution in [-0.2, 0) is 9.47 Å². The molecule has 2 fully saturated rings. The highest BCUT2D eigenvalue weighted by atomic mass is 16.5. The maximum absolute atomic E-state index is 5.71. The Morgan fingerprint density at radius 2 is 1.94 bits per heavy atom. The fraction of sp³-hybridized carbons (Fsp3) is 1.00. The molecule has 0 saturated carbocycles. The summed E-state index contributed by atoms with van der Waals surface area (Å²) in [4.78, 5) is 0. The first-order valence-corrected chi connectivity index (χ1v) is 6.75. The summed E-state index contributed by atoms with van der Waals surface area (Å²) in [7, 11) is 0. The van der Waals surface area contributed by atoms with Crippen molar-refractivity contribution in [3.63, 3.8) is 0 Å². The molecule has 2 aliphatic rings. The maximum atomic E-state index is 5.71. The van der Waals surface area contributed by atoms with E-state index in [9.17, 15) is 0 Å². The van der Waals surface area contributed by atoms with Crippen LogP contribution >= 0.6 is 0 Å². The molecule has 1 N–H and O–H groups in total. The predicted octanol–water partition coefficient (Wildman–Crippen LogP) is 1.82. The van der Waals surface area contributed by atoms with Crippen LogP contribution in [0.3, 0.4) is 0 Å². The zero-order valence-corrected chi connectivity index (χ0v) is 10.6. The first kappa shape index (κ1) is 12.3. The largest absolute Gasteiger partial charge is 0.381 e. The van der Waals surface area contributed by atoms with Gasteiger partial charge in [-0.1, -0.05) is 6.92 Å². The fourth-order valence-electron chi connectivity index (χ4n) is 3.20. The van der Waals surface area contributed by atoms with Gasteiger partial charge in [0.25, 0.3) is 0 Å². The SMILES string of the molecule is CCNC(C1CCOCC1)C1CCOC1C. The van der Waals surface area contributed by atoms with Crippen molar-refractivity contribution in [2.45, 2.75) is 45.3 Å². The van der Waals surface area contributed by atoms with Crippen molar-refractivity contribution >= 4 is 0 Å². The van der Waals surface area contributed by atoms with Crippen LogP contribution < -0.4 is 5.32 Å². The number of hydrogen-bond acceptors (Lipinski definition) is 3. The Morgan fingerprint density at radius 1 is 1.19 bits per heavy atom. The van der Waals surface area contributed by atoms with Crippen LogP contribution in [0.2, 0.25) is 0 Å². The highest BCUT2D eigenvalue weighted by molar-refractivity contribution is 4.89. The van der Waals surface area contributed by atoms with Crippen LogP contribution in [0.5, 0.6) is 0 Å². The van der Waals surface area contributed by atoms with Crippen LogP contribution in [0, 0.1) is 11.8 Å². The number of hydrogen-bond donors (Lipinski definition) is 1. The molecule has 0 bridgehead atoms. The minimum atomic E-state index is 0.423. The lowest BCUT2D eigenvalue weighted by molar-refractivity contribution is 0.0319. The number of ether oxygens (including phenoxy) is 2. The molecule has 2 saturated heterocycles. The topological polar surface area (TPSA) is 30.5 Å². The molecule has 94 valence electrons. The molecule has 0 aromatic rings. The van der Waals surface area contributed by atoms with Crippen molar-refractivity contribution in [2.75, 3.05) is 26.4 Å². The van der Waals surface area contributed by atoms with Crippen molar-refractivity contribution in [1.82, 2.24) is 5.32 Å². The Hall–Kier alpha value is -0.120. The van der Waals surface area contributed by atoms with Gasteiger partial charge in [-0.3, -0.25) is 0 Å². The second kappa shape index (κ2) is 5.99. The Kier molecular flexibility index (Phi) is 4.62. The third-order valence-electron chi connectivity index (χ3n) is 4.11. The highest BCUT2D eigenvalue weighted by Crippen LogP contribution is 2.31. The molecule has 3 atom stereocenters. The molecule has 3 heteroatoms. The Bertz CT molecular complexity index is 204. The summed E-state index contributed by atoms with van der Waals surface area (Å²) >= 11 is 0. The minimum absolute atomic E-state index is 0.423. The van der Waals surface area contributed by atoms with Gasteiger partial charge in [-0.25, -0.2) is 0 Å². The summed E-state index contributed by atoms with van der Waals surface area (Å²) in [6, 6.07) is 0.631. The average molecular weight is 227 g/mol. The van der Waals surface area contributed by atoms with Gasteiger partial charge in [0.15, 0.2) is 0 Å². The zero-order valence-electron chi connectivity index (χ0n) is 10.6. The van der Waals surface area contributed by atoms with Crippen molar-refractivity contribution in [3.05, 3.63) is 0 Å². The van der Waals surface area contributed by atoms with E-state index in [1.165, 1.54) is 19.3 Å². The van der Waals surface area contributed by atoms with Gasteiger partial charge in [-0.05, 0) is 38.6 Å². The van der Waals surface area contributed by atoms with Gasteiger partial charge >= 0.3 is 0 Å². The second-order valence-electron chi connectivity index (χ2n) is 5.06. The van der Waals surface area contributed by atoms with Crippen LogP contribution in [-0.4, -0.2) is 38.5 Å². The maximum Gasteiger partial charge on any atom is 0.0590 e. The van der Waals surface area contributed by atoms with Gasteiger partial charge in [0.2, 0.25) is 0 Å². The molecule has 0 aromatic carbocycles. The molecule has 0 aromatic heterocycles. The number of nitrogens with one attached hydrogen (secondary N) is 1. The molecule has 2 aliphatic heterocycles. The molecule has 0 spiro atoms. The van der Waals surface area contributed by atoms with Gasteiger partial charge in [0.05, 0.1) is 6.10 Å². The number of rotatable bonds is 4. The summed E-state index contributed by atoms with van der Waals surface area (Å²) in [6.07, 6.45) is 4.06. The Labute approximate surface area is 98.9 Å². The first-order valence-electron chi connectivity index (χ1n) is 6.75. The van der Waals surface area contributed by atoms with E-state index in [0.717, 1.165) is 32.3 Å². The third-order valence-corrected chi connectivity index (χ3v) is 4.11. The van der Waals surface area contributed by atoms with Gasteiger partial charge in [-0.15, -0.1) is 0 Å². The van der Waals surface area contributed by atoms with E-state index in [2.05, 4.69) is 19.2 Å². The van der Waals surface area contributed by atoms with Gasteiger partial charge in [-0.2, -0.15) is 0 Å². The van der Waals surface area contributed by atoms with Crippen LogP contribution in [0.4, 0.5) is 0 Å². The van der Waals surface area contributed by atoms with Crippen molar-refractivity contribution in [1.29, 1.82) is 0 Å². The van der Waals surface area contributed by atoms with E-state index >= 15 is 0 Å². The van der Waals surface area contributed by atoms with E-state index in [-0.39, 0.29) is 0 Å². The van der Waals surface area contributed by atoms with E-state index in [4.69, 9.17) is 9.47 Å². The Morgan fingerprint density at radius 3 is 2.50 bits per heavy atom. The lowest BCUT2D eigenvalue weighted by Crippen LogP contribution is -2.46. The molecule has 16 heavy (non-hydrogen) atoms. The molecule has 2 rings (SSSR count). The quantitative estimate of drug-likeness (QED) is 0.794. The standard InChI is InChI=1S/C13H25NO2/c1-3-14-13(11-4-7-15-8-5-11)12-6-9-16-10(12)2/h10-14H,3-9H2,1-2H3. The van der Waals surface area contributed by atoms with E-state index in [0.29, 0.717) is 18.1 Å². The van der Waals surface area contributed by atoms with Gasteiger partial charge in [0.1, 0.15) is 0 Å². The molecule has 0 aliphatic carbocycles. The zero-order chi connectivity index (χ0) is 11.4. The second-order valence-corrected chi connectivity index (χ2v) is 5.06. The smallest absolute Gasteiger partial charge is 0.0590 e. The lowest BCUT2D eigenvalue weighted by atomic mass is 9.80. The Balaban J connectivity index is 1.97. The first-order chi connectivity index (χ1) is 7.83. The molecule has 3 nitrogen and oxygen atoms in total. The van der Waals surface area contributed by atoms with Crippen molar-refractivity contribution in [2.24, 2.45) is 11.8 Å². The molecular formula is C13H25NO2. The van der Waals surface area contributed by atoms with Gasteiger partial charge in [0, 0.05) is 31.8 Å². The van der Waals surface area contributed by atoms with Gasteiger partial charge < -0.3 is 14.8 Å². The molecule has 0 amide bonds. The average Bonchev–Trinajstić information content (AvgIpc) is 2.73. The van der Waals surface area contributed by atoms with E-state index < -0.39 is 0 Å². The predicted molar refractivity (Wildman–Crippen MR) is 64.5 cm³/mol. The summed E-state index contributed by atoms with van der Waals surface area (Å²) in [5, 5.41) is 3.69. The summed E-state index contributed by atoms with van der Waals surface area (Å²) in [5.74, 6) is 1.48. The molecular weight excluding hydrogens is 202 g/mol. The van der Waals surface area contributed by atoms with Crippen molar-refractivity contribution < 1.29 is 9.47 Å². The summed E-state index contributed by atoms with van der Waals surface area (Å²) in [5.41, 5.74) is 0. The van der Waals surface area contributed by atoms with E-state index in [1.54, 1.807) is 0 Å². The third kappa shape index (κ3) is 2.76. The summed E-state index contributed by atoms with van der Waals surface area (Å²) in [6.45, 7) is 8.30. The fourth-order valence-corrected chi connectivity index (χ4v) is 3.20. The summed E-state index contributed by atoms with van der Waals surface area (Å²) < 4.78 is 11.2. The lowest BCUT2D eigenvalue weighted by Gasteiger charge is -2.36. The molecule has 2 heterocycles. The highest BCUT2D eigenvalue weighted by Gasteiger charge is 2.36. The van der Waals surface area contributed by atoms with Crippen LogP contribution in [0.15, 0.2) is 0 Å². The van der Waals surface area contributed by atoms with Crippen molar-refractivity contribution in [3.8, 4) is 0 Å².